The highest BCUT2D eigenvalue weighted by Gasteiger charge is 2.38. The molecule has 3 rings (SSSR count). The number of nitrogens with zero attached hydrogens (tertiary/aromatic N) is 2. The van der Waals surface area contributed by atoms with Crippen LogP contribution in [-0.4, -0.2) is 16.6 Å². The summed E-state index contributed by atoms with van der Waals surface area (Å²) < 4.78 is 0. The molecule has 23 heavy (non-hydrogen) atoms. The van der Waals surface area contributed by atoms with Crippen molar-refractivity contribution >= 4 is 34.6 Å². The van der Waals surface area contributed by atoms with Crippen LogP contribution in [0.3, 0.4) is 0 Å². The SMILES string of the molecule is CC(C)(C)C(=O)N1N=C(c2cccs2)CC1c1ccc(Cl)cc1. The number of hydrogen-bond acceptors (Lipinski definition) is 3. The second kappa shape index (κ2) is 6.10. The molecular weight excluding hydrogens is 328 g/mol. The standard InChI is InChI=1S/C18H19ClN2OS/c1-18(2,3)17(22)21-15(12-6-8-13(19)9-7-12)11-14(20-21)16-5-4-10-23-16/h4-10,15H,11H2,1-3H3. The van der Waals surface area contributed by atoms with Gasteiger partial charge in [0.15, 0.2) is 0 Å². The van der Waals surface area contributed by atoms with E-state index in [-0.39, 0.29) is 11.9 Å². The molecule has 0 N–H and O–H groups in total. The maximum Gasteiger partial charge on any atom is 0.248 e. The monoisotopic (exact) mass is 346 g/mol. The predicted octanol–water partition coefficient (Wildman–Crippen LogP) is 5.13. The zero-order chi connectivity index (χ0) is 16.6. The number of rotatable bonds is 2. The molecular formula is C18H19ClN2OS. The molecule has 5 heteroatoms. The van der Waals surface area contributed by atoms with E-state index < -0.39 is 5.41 Å². The number of amides is 1. The highest BCUT2D eigenvalue weighted by molar-refractivity contribution is 7.12. The van der Waals surface area contributed by atoms with Crippen molar-refractivity contribution in [1.82, 2.24) is 5.01 Å². The minimum Gasteiger partial charge on any atom is -0.272 e. The fraction of sp³-hybridized carbons (Fsp3) is 0.333. The minimum atomic E-state index is -0.473. The van der Waals surface area contributed by atoms with E-state index in [1.807, 2.05) is 62.5 Å². The van der Waals surface area contributed by atoms with Crippen LogP contribution in [0.5, 0.6) is 0 Å². The minimum absolute atomic E-state index is 0.0315. The molecule has 1 unspecified atom stereocenters. The van der Waals surface area contributed by atoms with Crippen molar-refractivity contribution in [2.75, 3.05) is 0 Å². The molecule has 2 aromatic rings. The van der Waals surface area contributed by atoms with Crippen LogP contribution in [0.15, 0.2) is 46.9 Å². The van der Waals surface area contributed by atoms with Crippen molar-refractivity contribution in [1.29, 1.82) is 0 Å². The quantitative estimate of drug-likeness (QED) is 0.742. The third kappa shape index (κ3) is 3.33. The Hall–Kier alpha value is -1.65. The summed E-state index contributed by atoms with van der Waals surface area (Å²) in [5.74, 6) is 0.0315. The van der Waals surface area contributed by atoms with Gasteiger partial charge in [0, 0.05) is 16.9 Å². The van der Waals surface area contributed by atoms with Gasteiger partial charge in [-0.1, -0.05) is 50.6 Å². The third-order valence-corrected chi connectivity index (χ3v) is 4.99. The summed E-state index contributed by atoms with van der Waals surface area (Å²) in [7, 11) is 0. The maximum atomic E-state index is 12.8. The predicted molar refractivity (Wildman–Crippen MR) is 96.0 cm³/mol. The molecule has 1 atom stereocenters. The first-order valence-corrected chi connectivity index (χ1v) is 8.82. The van der Waals surface area contributed by atoms with E-state index in [9.17, 15) is 4.79 Å². The number of hydrogen-bond donors (Lipinski definition) is 0. The van der Waals surface area contributed by atoms with Gasteiger partial charge in [0.1, 0.15) is 0 Å². The highest BCUT2D eigenvalue weighted by atomic mass is 35.5. The lowest BCUT2D eigenvalue weighted by atomic mass is 9.93. The van der Waals surface area contributed by atoms with Crippen LogP contribution in [0.2, 0.25) is 5.02 Å². The summed E-state index contributed by atoms with van der Waals surface area (Å²) in [6.45, 7) is 5.77. The Morgan fingerprint density at radius 2 is 1.96 bits per heavy atom. The second-order valence-electron chi connectivity index (χ2n) is 6.70. The maximum absolute atomic E-state index is 12.8. The largest absolute Gasteiger partial charge is 0.272 e. The van der Waals surface area contributed by atoms with E-state index >= 15 is 0 Å². The van der Waals surface area contributed by atoms with Crippen LogP contribution in [0.25, 0.3) is 0 Å². The molecule has 1 aliphatic heterocycles. The van der Waals surface area contributed by atoms with E-state index in [1.54, 1.807) is 16.3 Å². The van der Waals surface area contributed by atoms with Gasteiger partial charge in [-0.3, -0.25) is 4.79 Å². The van der Waals surface area contributed by atoms with Crippen LogP contribution in [-0.2, 0) is 4.79 Å². The zero-order valence-corrected chi connectivity index (χ0v) is 15.0. The molecule has 2 heterocycles. The number of carbonyl (C=O) groups excluding carboxylic acids is 1. The van der Waals surface area contributed by atoms with E-state index in [0.29, 0.717) is 5.02 Å². The smallest absolute Gasteiger partial charge is 0.248 e. The molecule has 0 spiro atoms. The van der Waals surface area contributed by atoms with Crippen molar-refractivity contribution in [2.45, 2.75) is 33.2 Å². The number of benzene rings is 1. The average molecular weight is 347 g/mol. The van der Waals surface area contributed by atoms with Crippen LogP contribution in [0, 0.1) is 5.41 Å². The van der Waals surface area contributed by atoms with Gasteiger partial charge in [-0.05, 0) is 29.1 Å². The lowest BCUT2D eigenvalue weighted by Gasteiger charge is -2.28. The molecule has 0 aliphatic carbocycles. The Balaban J connectivity index is 1.98. The van der Waals surface area contributed by atoms with Crippen molar-refractivity contribution in [2.24, 2.45) is 10.5 Å². The van der Waals surface area contributed by atoms with Crippen molar-refractivity contribution in [3.63, 3.8) is 0 Å². The second-order valence-corrected chi connectivity index (χ2v) is 8.08. The van der Waals surface area contributed by atoms with Gasteiger partial charge >= 0.3 is 0 Å². The Labute approximate surface area is 145 Å². The normalized spacial score (nSPS) is 18.2. The molecule has 1 aromatic heterocycles. The Bertz CT molecular complexity index is 729. The van der Waals surface area contributed by atoms with Gasteiger partial charge in [0.05, 0.1) is 16.6 Å². The zero-order valence-electron chi connectivity index (χ0n) is 13.4. The van der Waals surface area contributed by atoms with Gasteiger partial charge in [-0.25, -0.2) is 5.01 Å². The Morgan fingerprint density at radius 1 is 1.26 bits per heavy atom. The summed E-state index contributed by atoms with van der Waals surface area (Å²) in [6.07, 6.45) is 0.726. The average Bonchev–Trinajstić information content (AvgIpc) is 3.15. The molecule has 0 saturated carbocycles. The number of carbonyl (C=O) groups is 1. The van der Waals surface area contributed by atoms with E-state index in [4.69, 9.17) is 11.6 Å². The van der Waals surface area contributed by atoms with Gasteiger partial charge in [0.2, 0.25) is 5.91 Å². The highest BCUT2D eigenvalue weighted by Crippen LogP contribution is 2.36. The molecule has 0 fully saturated rings. The summed E-state index contributed by atoms with van der Waals surface area (Å²) in [5, 5.41) is 9.03. The first-order chi connectivity index (χ1) is 10.9. The summed E-state index contributed by atoms with van der Waals surface area (Å²) in [5.41, 5.74) is 1.55. The summed E-state index contributed by atoms with van der Waals surface area (Å²) in [4.78, 5) is 13.9. The van der Waals surface area contributed by atoms with Crippen LogP contribution >= 0.6 is 22.9 Å². The van der Waals surface area contributed by atoms with Gasteiger partial charge in [0.25, 0.3) is 0 Å². The van der Waals surface area contributed by atoms with Crippen molar-refractivity contribution in [3.8, 4) is 0 Å². The fourth-order valence-electron chi connectivity index (χ4n) is 2.58. The summed E-state index contributed by atoms with van der Waals surface area (Å²) in [6, 6.07) is 11.7. The van der Waals surface area contributed by atoms with E-state index in [2.05, 4.69) is 5.10 Å². The lowest BCUT2D eigenvalue weighted by molar-refractivity contribution is -0.141. The Morgan fingerprint density at radius 3 is 2.52 bits per heavy atom. The molecule has 120 valence electrons. The third-order valence-electron chi connectivity index (χ3n) is 3.82. The molecule has 3 nitrogen and oxygen atoms in total. The van der Waals surface area contributed by atoms with E-state index in [0.717, 1.165) is 22.6 Å². The topological polar surface area (TPSA) is 32.7 Å². The number of hydrazone groups is 1. The lowest BCUT2D eigenvalue weighted by Crippen LogP contribution is -2.36. The van der Waals surface area contributed by atoms with Crippen molar-refractivity contribution < 1.29 is 4.79 Å². The summed E-state index contributed by atoms with van der Waals surface area (Å²) >= 11 is 7.64. The first-order valence-electron chi connectivity index (χ1n) is 7.57. The molecule has 0 saturated heterocycles. The Kier molecular flexibility index (Phi) is 4.30. The molecule has 1 aromatic carbocycles. The first kappa shape index (κ1) is 16.2. The van der Waals surface area contributed by atoms with Crippen LogP contribution in [0.4, 0.5) is 0 Å². The van der Waals surface area contributed by atoms with Crippen LogP contribution < -0.4 is 0 Å². The fourth-order valence-corrected chi connectivity index (χ4v) is 3.42. The number of halogens is 1. The van der Waals surface area contributed by atoms with Crippen molar-refractivity contribution in [3.05, 3.63) is 57.2 Å². The van der Waals surface area contributed by atoms with Gasteiger partial charge in [-0.2, -0.15) is 5.10 Å². The molecule has 1 amide bonds. The molecule has 0 bridgehead atoms. The van der Waals surface area contributed by atoms with E-state index in [1.165, 1.54) is 0 Å². The number of thiophene rings is 1. The molecule has 0 radical (unpaired) electrons. The van der Waals surface area contributed by atoms with Crippen LogP contribution in [0.1, 0.15) is 43.7 Å². The molecule has 1 aliphatic rings. The van der Waals surface area contributed by atoms with Gasteiger partial charge in [-0.15, -0.1) is 11.3 Å². The van der Waals surface area contributed by atoms with Gasteiger partial charge < -0.3 is 0 Å².